The number of benzene rings is 2. The number of carbonyl (C=O) groups excluding carboxylic acids is 2. The van der Waals surface area contributed by atoms with Gasteiger partial charge in [0.2, 0.25) is 5.91 Å². The zero-order valence-electron chi connectivity index (χ0n) is 19.8. The smallest absolute Gasteiger partial charge is 0.254 e. The summed E-state index contributed by atoms with van der Waals surface area (Å²) >= 11 is 0. The van der Waals surface area contributed by atoms with Crippen LogP contribution < -0.4 is 10.1 Å². The van der Waals surface area contributed by atoms with E-state index in [1.54, 1.807) is 13.2 Å². The lowest BCUT2D eigenvalue weighted by Gasteiger charge is -2.40. The van der Waals surface area contributed by atoms with Crippen molar-refractivity contribution < 1.29 is 14.3 Å². The van der Waals surface area contributed by atoms with Crippen LogP contribution in [0.25, 0.3) is 0 Å². The molecule has 2 fully saturated rings. The van der Waals surface area contributed by atoms with Gasteiger partial charge < -0.3 is 15.0 Å². The number of hydrogen-bond donors (Lipinski definition) is 1. The number of ether oxygens (including phenoxy) is 1. The molecule has 0 radical (unpaired) electrons. The molecule has 0 aromatic heterocycles. The largest absolute Gasteiger partial charge is 0.497 e. The molecule has 33 heavy (non-hydrogen) atoms. The van der Waals surface area contributed by atoms with Gasteiger partial charge in [-0.05, 0) is 49.4 Å². The highest BCUT2D eigenvalue weighted by atomic mass is 16.5. The van der Waals surface area contributed by atoms with Crippen molar-refractivity contribution in [3.63, 3.8) is 0 Å². The van der Waals surface area contributed by atoms with Crippen molar-refractivity contribution in [3.05, 3.63) is 65.2 Å². The van der Waals surface area contributed by atoms with Gasteiger partial charge in [0.05, 0.1) is 13.2 Å². The summed E-state index contributed by atoms with van der Waals surface area (Å²) in [5.74, 6) is 1.22. The predicted octanol–water partition coefficient (Wildman–Crippen LogP) is 3.64. The van der Waals surface area contributed by atoms with Crippen molar-refractivity contribution in [2.75, 3.05) is 33.3 Å². The molecule has 2 aromatic carbocycles. The van der Waals surface area contributed by atoms with Crippen molar-refractivity contribution in [1.29, 1.82) is 0 Å². The fourth-order valence-electron chi connectivity index (χ4n) is 5.21. The Balaban J connectivity index is 1.39. The fraction of sp³-hybridized carbons (Fsp3) is 0.481. The Hall–Kier alpha value is -2.86. The molecule has 4 rings (SSSR count). The molecule has 176 valence electrons. The summed E-state index contributed by atoms with van der Waals surface area (Å²) in [4.78, 5) is 30.5. The molecule has 1 N–H and O–H groups in total. The summed E-state index contributed by atoms with van der Waals surface area (Å²) in [5.41, 5.74) is 2.97. The van der Waals surface area contributed by atoms with E-state index in [9.17, 15) is 9.59 Å². The molecule has 0 spiro atoms. The van der Waals surface area contributed by atoms with Gasteiger partial charge in [0.1, 0.15) is 5.75 Å². The average Bonchev–Trinajstić information content (AvgIpc) is 3.37. The van der Waals surface area contributed by atoms with E-state index in [0.717, 1.165) is 31.5 Å². The number of methoxy groups -OCH3 is 1. The van der Waals surface area contributed by atoms with Crippen LogP contribution in [0.5, 0.6) is 5.75 Å². The van der Waals surface area contributed by atoms with E-state index in [4.69, 9.17) is 4.74 Å². The fourth-order valence-corrected chi connectivity index (χ4v) is 5.21. The van der Waals surface area contributed by atoms with Crippen LogP contribution in [0.1, 0.15) is 47.2 Å². The highest BCUT2D eigenvalue weighted by molar-refractivity contribution is 5.94. The second-order valence-electron chi connectivity index (χ2n) is 9.26. The Morgan fingerprint density at radius 1 is 1.03 bits per heavy atom. The first kappa shape index (κ1) is 23.3. The van der Waals surface area contributed by atoms with E-state index in [2.05, 4.69) is 35.3 Å². The Kier molecular flexibility index (Phi) is 7.65. The first-order valence-corrected chi connectivity index (χ1v) is 12.1. The SMILES string of the molecule is COc1cccc(C(=O)N2CCN([C@H](C(=O)NCc3cccc(C)c3)C3CCCC3)CC2)c1. The number of piperazine rings is 1. The normalized spacial score (nSPS) is 18.2. The Morgan fingerprint density at radius 2 is 1.76 bits per heavy atom. The third-order valence-corrected chi connectivity index (χ3v) is 6.98. The van der Waals surface area contributed by atoms with Crippen molar-refractivity contribution in [2.24, 2.45) is 5.92 Å². The number of aryl methyl sites for hydroxylation is 1. The zero-order valence-corrected chi connectivity index (χ0v) is 19.8. The molecule has 1 aliphatic heterocycles. The van der Waals surface area contributed by atoms with E-state index in [0.29, 0.717) is 36.9 Å². The molecule has 1 saturated heterocycles. The molecule has 1 heterocycles. The van der Waals surface area contributed by atoms with Gasteiger partial charge in [-0.3, -0.25) is 14.5 Å². The van der Waals surface area contributed by atoms with Crippen LogP contribution >= 0.6 is 0 Å². The topological polar surface area (TPSA) is 61.9 Å². The summed E-state index contributed by atoms with van der Waals surface area (Å²) < 4.78 is 5.26. The third kappa shape index (κ3) is 5.74. The van der Waals surface area contributed by atoms with Crippen molar-refractivity contribution in [3.8, 4) is 5.75 Å². The lowest BCUT2D eigenvalue weighted by Crippen LogP contribution is -2.57. The summed E-state index contributed by atoms with van der Waals surface area (Å²) in [5, 5.41) is 3.20. The van der Waals surface area contributed by atoms with Crippen LogP contribution in [0.15, 0.2) is 48.5 Å². The van der Waals surface area contributed by atoms with Gasteiger partial charge in [0.25, 0.3) is 5.91 Å². The van der Waals surface area contributed by atoms with Gasteiger partial charge in [0.15, 0.2) is 0 Å². The molecule has 2 aromatic rings. The predicted molar refractivity (Wildman–Crippen MR) is 129 cm³/mol. The number of amides is 2. The molecule has 6 nitrogen and oxygen atoms in total. The van der Waals surface area contributed by atoms with Crippen LogP contribution in [-0.2, 0) is 11.3 Å². The van der Waals surface area contributed by atoms with Gasteiger partial charge in [-0.2, -0.15) is 0 Å². The minimum atomic E-state index is -0.119. The maximum Gasteiger partial charge on any atom is 0.254 e. The third-order valence-electron chi connectivity index (χ3n) is 6.98. The molecule has 0 bridgehead atoms. The highest BCUT2D eigenvalue weighted by Crippen LogP contribution is 2.31. The average molecular weight is 450 g/mol. The highest BCUT2D eigenvalue weighted by Gasteiger charge is 2.37. The van der Waals surface area contributed by atoms with E-state index in [-0.39, 0.29) is 17.9 Å². The molecule has 0 unspecified atom stereocenters. The summed E-state index contributed by atoms with van der Waals surface area (Å²) in [7, 11) is 1.61. The zero-order chi connectivity index (χ0) is 23.2. The molecule has 2 aliphatic rings. The van der Waals surface area contributed by atoms with Crippen molar-refractivity contribution in [2.45, 2.75) is 45.2 Å². The van der Waals surface area contributed by atoms with Gasteiger partial charge in [-0.25, -0.2) is 0 Å². The molecule has 6 heteroatoms. The Labute approximate surface area is 196 Å². The van der Waals surface area contributed by atoms with Gasteiger partial charge in [-0.15, -0.1) is 0 Å². The van der Waals surface area contributed by atoms with Crippen molar-refractivity contribution >= 4 is 11.8 Å². The summed E-state index contributed by atoms with van der Waals surface area (Å²) in [6, 6.07) is 15.5. The number of rotatable bonds is 7. The molecule has 1 saturated carbocycles. The van der Waals surface area contributed by atoms with E-state index in [1.165, 1.54) is 18.4 Å². The van der Waals surface area contributed by atoms with Gasteiger partial charge in [-0.1, -0.05) is 48.7 Å². The standard InChI is InChI=1S/C27H35N3O3/c1-20-7-5-8-21(17-20)19-28-26(31)25(22-9-3-4-10-22)29-13-15-30(16-14-29)27(32)23-11-6-12-24(18-23)33-2/h5-8,11-12,17-18,22,25H,3-4,9-10,13-16,19H2,1-2H3,(H,28,31)/t25-/m0/s1. The van der Waals surface area contributed by atoms with Crippen LogP contribution in [0, 0.1) is 12.8 Å². The number of hydrogen-bond acceptors (Lipinski definition) is 4. The van der Waals surface area contributed by atoms with Gasteiger partial charge >= 0.3 is 0 Å². The lowest BCUT2D eigenvalue weighted by molar-refractivity contribution is -0.129. The van der Waals surface area contributed by atoms with E-state index in [1.807, 2.05) is 29.2 Å². The second kappa shape index (κ2) is 10.8. The minimum Gasteiger partial charge on any atom is -0.497 e. The first-order chi connectivity index (χ1) is 16.0. The number of nitrogens with one attached hydrogen (secondary N) is 1. The molecular weight excluding hydrogens is 414 g/mol. The second-order valence-corrected chi connectivity index (χ2v) is 9.26. The van der Waals surface area contributed by atoms with Crippen LogP contribution in [0.4, 0.5) is 0 Å². The number of nitrogens with zero attached hydrogens (tertiary/aromatic N) is 2. The van der Waals surface area contributed by atoms with Crippen LogP contribution in [-0.4, -0.2) is 60.9 Å². The quantitative estimate of drug-likeness (QED) is 0.701. The Morgan fingerprint density at radius 3 is 2.45 bits per heavy atom. The lowest BCUT2D eigenvalue weighted by atomic mass is 9.94. The molecular formula is C27H35N3O3. The maximum absolute atomic E-state index is 13.3. The van der Waals surface area contributed by atoms with Crippen LogP contribution in [0.3, 0.4) is 0 Å². The van der Waals surface area contributed by atoms with E-state index >= 15 is 0 Å². The summed E-state index contributed by atoms with van der Waals surface area (Å²) in [6.07, 6.45) is 4.60. The summed E-state index contributed by atoms with van der Waals surface area (Å²) in [6.45, 7) is 5.31. The van der Waals surface area contributed by atoms with E-state index < -0.39 is 0 Å². The molecule has 2 amide bonds. The minimum absolute atomic E-state index is 0.0230. The maximum atomic E-state index is 13.3. The van der Waals surface area contributed by atoms with Crippen LogP contribution in [0.2, 0.25) is 0 Å². The Bertz CT molecular complexity index is 963. The monoisotopic (exact) mass is 449 g/mol. The molecule has 1 aliphatic carbocycles. The van der Waals surface area contributed by atoms with Crippen molar-refractivity contribution in [1.82, 2.24) is 15.1 Å². The number of carbonyl (C=O) groups is 2. The first-order valence-electron chi connectivity index (χ1n) is 12.1. The van der Waals surface area contributed by atoms with Gasteiger partial charge in [0, 0.05) is 38.3 Å². The molecule has 1 atom stereocenters.